The number of hydrogen-bond donors (Lipinski definition) is 2. The van der Waals surface area contributed by atoms with Crippen LogP contribution in [0.25, 0.3) is 0 Å². The zero-order valence-corrected chi connectivity index (χ0v) is 12.3. The normalized spacial score (nSPS) is 10.4. The molecule has 1 heterocycles. The SMILES string of the molecule is Cc1ccc(C(=O)NCc2cc(C(=O)O)c(C)o2)cc1Cl. The van der Waals surface area contributed by atoms with Gasteiger partial charge in [-0.3, -0.25) is 4.79 Å². The van der Waals surface area contributed by atoms with Gasteiger partial charge in [-0.2, -0.15) is 0 Å². The van der Waals surface area contributed by atoms with Crippen LogP contribution < -0.4 is 5.32 Å². The molecular formula is C15H14ClNO4. The van der Waals surface area contributed by atoms with Crippen LogP contribution in [0.4, 0.5) is 0 Å². The second-order valence-corrected chi connectivity index (χ2v) is 5.04. The average Bonchev–Trinajstić information content (AvgIpc) is 2.80. The number of aryl methyl sites for hydroxylation is 2. The fraction of sp³-hybridized carbons (Fsp3) is 0.200. The standard InChI is InChI=1S/C15H14ClNO4/c1-8-3-4-10(5-13(8)16)14(18)17-7-11-6-12(15(19)20)9(2)21-11/h3-6H,7H2,1-2H3,(H,17,18)(H,19,20). The number of aromatic carboxylic acids is 1. The second kappa shape index (κ2) is 6.01. The summed E-state index contributed by atoms with van der Waals surface area (Å²) >= 11 is 5.97. The number of furan rings is 1. The van der Waals surface area contributed by atoms with Crippen molar-refractivity contribution < 1.29 is 19.1 Å². The Bertz CT molecular complexity index is 706. The minimum Gasteiger partial charge on any atom is -0.478 e. The number of benzene rings is 1. The first-order valence-corrected chi connectivity index (χ1v) is 6.63. The summed E-state index contributed by atoms with van der Waals surface area (Å²) in [6.07, 6.45) is 0. The van der Waals surface area contributed by atoms with E-state index in [9.17, 15) is 9.59 Å². The number of nitrogens with one attached hydrogen (secondary N) is 1. The molecule has 0 radical (unpaired) electrons. The highest BCUT2D eigenvalue weighted by molar-refractivity contribution is 6.31. The van der Waals surface area contributed by atoms with Gasteiger partial charge in [0.1, 0.15) is 17.1 Å². The van der Waals surface area contributed by atoms with Gasteiger partial charge in [0.15, 0.2) is 0 Å². The maximum atomic E-state index is 12.0. The van der Waals surface area contributed by atoms with Crippen LogP contribution in [-0.4, -0.2) is 17.0 Å². The van der Waals surface area contributed by atoms with E-state index in [1.54, 1.807) is 25.1 Å². The molecule has 0 unspecified atom stereocenters. The highest BCUT2D eigenvalue weighted by atomic mass is 35.5. The molecule has 5 nitrogen and oxygen atoms in total. The van der Waals surface area contributed by atoms with Crippen LogP contribution in [0.1, 0.15) is 37.8 Å². The molecular weight excluding hydrogens is 294 g/mol. The lowest BCUT2D eigenvalue weighted by Gasteiger charge is -2.05. The van der Waals surface area contributed by atoms with Crippen LogP contribution in [-0.2, 0) is 6.54 Å². The highest BCUT2D eigenvalue weighted by Gasteiger charge is 2.14. The Morgan fingerprint density at radius 3 is 2.57 bits per heavy atom. The smallest absolute Gasteiger partial charge is 0.339 e. The molecule has 0 aliphatic carbocycles. The lowest BCUT2D eigenvalue weighted by Crippen LogP contribution is -2.22. The van der Waals surface area contributed by atoms with Gasteiger partial charge in [-0.25, -0.2) is 4.79 Å². The van der Waals surface area contributed by atoms with Gasteiger partial charge in [-0.15, -0.1) is 0 Å². The largest absolute Gasteiger partial charge is 0.478 e. The summed E-state index contributed by atoms with van der Waals surface area (Å²) in [6, 6.07) is 6.42. The summed E-state index contributed by atoms with van der Waals surface area (Å²) in [4.78, 5) is 22.9. The van der Waals surface area contributed by atoms with Crippen molar-refractivity contribution in [2.24, 2.45) is 0 Å². The van der Waals surface area contributed by atoms with Crippen molar-refractivity contribution in [3.63, 3.8) is 0 Å². The van der Waals surface area contributed by atoms with Crippen LogP contribution >= 0.6 is 11.6 Å². The fourth-order valence-corrected chi connectivity index (χ4v) is 2.03. The third kappa shape index (κ3) is 3.44. The first kappa shape index (κ1) is 15.1. The maximum Gasteiger partial charge on any atom is 0.339 e. The van der Waals surface area contributed by atoms with Gasteiger partial charge < -0.3 is 14.8 Å². The van der Waals surface area contributed by atoms with Gasteiger partial charge >= 0.3 is 5.97 Å². The van der Waals surface area contributed by atoms with Crippen molar-refractivity contribution in [1.82, 2.24) is 5.32 Å². The van der Waals surface area contributed by atoms with E-state index in [1.165, 1.54) is 6.07 Å². The van der Waals surface area contributed by atoms with E-state index in [-0.39, 0.29) is 18.0 Å². The molecule has 2 N–H and O–H groups in total. The molecule has 110 valence electrons. The van der Waals surface area contributed by atoms with E-state index in [0.717, 1.165) is 5.56 Å². The summed E-state index contributed by atoms with van der Waals surface area (Å²) < 4.78 is 5.28. The molecule has 0 aliphatic rings. The summed E-state index contributed by atoms with van der Waals surface area (Å²) in [5.74, 6) is -0.663. The number of carbonyl (C=O) groups excluding carboxylic acids is 1. The maximum absolute atomic E-state index is 12.0. The van der Waals surface area contributed by atoms with Crippen LogP contribution in [0.5, 0.6) is 0 Å². The lowest BCUT2D eigenvalue weighted by atomic mass is 10.1. The zero-order valence-electron chi connectivity index (χ0n) is 11.6. The molecule has 1 amide bonds. The van der Waals surface area contributed by atoms with Crippen LogP contribution in [0.15, 0.2) is 28.7 Å². The van der Waals surface area contributed by atoms with E-state index in [0.29, 0.717) is 22.1 Å². The Hall–Kier alpha value is -2.27. The van der Waals surface area contributed by atoms with Crippen molar-refractivity contribution in [3.05, 3.63) is 57.5 Å². The molecule has 0 bridgehead atoms. The van der Waals surface area contributed by atoms with E-state index in [4.69, 9.17) is 21.1 Å². The number of hydrogen-bond acceptors (Lipinski definition) is 3. The Morgan fingerprint density at radius 2 is 2.00 bits per heavy atom. The van der Waals surface area contributed by atoms with Crippen LogP contribution in [0.3, 0.4) is 0 Å². The molecule has 0 saturated carbocycles. The molecule has 0 fully saturated rings. The predicted molar refractivity (Wildman–Crippen MR) is 77.8 cm³/mol. The topological polar surface area (TPSA) is 79.5 Å². The lowest BCUT2D eigenvalue weighted by molar-refractivity contribution is 0.0694. The Morgan fingerprint density at radius 1 is 1.29 bits per heavy atom. The minimum atomic E-state index is -1.06. The fourth-order valence-electron chi connectivity index (χ4n) is 1.85. The molecule has 0 spiro atoms. The van der Waals surface area contributed by atoms with Gasteiger partial charge in [0.25, 0.3) is 5.91 Å². The third-order valence-electron chi connectivity index (χ3n) is 3.06. The number of carboxylic acid groups (broad SMARTS) is 1. The number of carbonyl (C=O) groups is 2. The molecule has 1 aromatic heterocycles. The average molecular weight is 308 g/mol. The summed E-state index contributed by atoms with van der Waals surface area (Å²) in [5.41, 5.74) is 1.42. The predicted octanol–water partition coefficient (Wildman–Crippen LogP) is 3.18. The van der Waals surface area contributed by atoms with Crippen molar-refractivity contribution >= 4 is 23.5 Å². The third-order valence-corrected chi connectivity index (χ3v) is 3.46. The van der Waals surface area contributed by atoms with Crippen molar-refractivity contribution in [3.8, 4) is 0 Å². The van der Waals surface area contributed by atoms with Gasteiger partial charge in [-0.1, -0.05) is 17.7 Å². The quantitative estimate of drug-likeness (QED) is 0.909. The molecule has 6 heteroatoms. The molecule has 0 atom stereocenters. The Kier molecular flexibility index (Phi) is 4.33. The van der Waals surface area contributed by atoms with E-state index in [2.05, 4.69) is 5.32 Å². The number of halogens is 1. The first-order valence-electron chi connectivity index (χ1n) is 6.25. The Labute approximate surface area is 126 Å². The van der Waals surface area contributed by atoms with Crippen molar-refractivity contribution in [1.29, 1.82) is 0 Å². The van der Waals surface area contributed by atoms with Gasteiger partial charge in [0, 0.05) is 10.6 Å². The minimum absolute atomic E-state index is 0.0950. The number of rotatable bonds is 4. The number of amides is 1. The van der Waals surface area contributed by atoms with Crippen LogP contribution in [0, 0.1) is 13.8 Å². The zero-order chi connectivity index (χ0) is 15.6. The van der Waals surface area contributed by atoms with E-state index < -0.39 is 5.97 Å². The monoisotopic (exact) mass is 307 g/mol. The number of carboxylic acids is 1. The second-order valence-electron chi connectivity index (χ2n) is 4.63. The van der Waals surface area contributed by atoms with Gasteiger partial charge in [0.05, 0.1) is 6.54 Å². The first-order chi connectivity index (χ1) is 9.88. The Balaban J connectivity index is 2.05. The van der Waals surface area contributed by atoms with Crippen LogP contribution in [0.2, 0.25) is 5.02 Å². The molecule has 2 rings (SSSR count). The molecule has 0 aliphatic heterocycles. The van der Waals surface area contributed by atoms with E-state index >= 15 is 0 Å². The molecule has 0 saturated heterocycles. The van der Waals surface area contributed by atoms with Gasteiger partial charge in [0.2, 0.25) is 0 Å². The molecule has 1 aromatic carbocycles. The molecule has 21 heavy (non-hydrogen) atoms. The molecule has 2 aromatic rings. The van der Waals surface area contributed by atoms with Gasteiger partial charge in [-0.05, 0) is 37.6 Å². The summed E-state index contributed by atoms with van der Waals surface area (Å²) in [6.45, 7) is 3.52. The summed E-state index contributed by atoms with van der Waals surface area (Å²) in [5, 5.41) is 12.1. The highest BCUT2D eigenvalue weighted by Crippen LogP contribution is 2.17. The van der Waals surface area contributed by atoms with Crippen molar-refractivity contribution in [2.75, 3.05) is 0 Å². The summed E-state index contributed by atoms with van der Waals surface area (Å²) in [7, 11) is 0. The van der Waals surface area contributed by atoms with E-state index in [1.807, 2.05) is 6.92 Å². The van der Waals surface area contributed by atoms with Crippen molar-refractivity contribution in [2.45, 2.75) is 20.4 Å².